The highest BCUT2D eigenvalue weighted by Gasteiger charge is 2.51. The zero-order valence-electron chi connectivity index (χ0n) is 22.3. The van der Waals surface area contributed by atoms with E-state index in [4.69, 9.17) is 11.6 Å². The number of hydrogen-bond donors (Lipinski definition) is 3. The van der Waals surface area contributed by atoms with E-state index in [1.165, 1.54) is 21.3 Å². The van der Waals surface area contributed by atoms with Gasteiger partial charge in [0.2, 0.25) is 5.91 Å². The molecule has 0 aromatic heterocycles. The van der Waals surface area contributed by atoms with Gasteiger partial charge in [-0.15, -0.1) is 13.2 Å². The number of rotatable bonds is 11. The first kappa shape index (κ1) is 38.9. The molecule has 0 radical (unpaired) electrons. The maximum atomic E-state index is 13.5. The first-order chi connectivity index (χ1) is 20.3. The average Bonchev–Trinajstić information content (AvgIpc) is 2.92. The molecular weight excluding hydrogens is 685 g/mol. The van der Waals surface area contributed by atoms with Crippen molar-refractivity contribution in [3.63, 3.8) is 0 Å². The summed E-state index contributed by atoms with van der Waals surface area (Å²) in [5.74, 6) is -5.07. The second-order valence-corrected chi connectivity index (χ2v) is 12.1. The number of anilines is 1. The molecule has 44 heavy (non-hydrogen) atoms. The van der Waals surface area contributed by atoms with Gasteiger partial charge in [0.25, 0.3) is 5.91 Å². The van der Waals surface area contributed by atoms with Crippen LogP contribution < -0.4 is 20.7 Å². The number of carbonyl (C=O) groups is 3. The van der Waals surface area contributed by atoms with Crippen molar-refractivity contribution in [3.05, 3.63) is 58.6 Å². The Hall–Kier alpha value is -3.16. The summed E-state index contributed by atoms with van der Waals surface area (Å²) in [4.78, 5) is 34.4. The van der Waals surface area contributed by atoms with Gasteiger partial charge in [0.15, 0.2) is 0 Å². The normalized spacial score (nSPS) is 12.4. The van der Waals surface area contributed by atoms with E-state index >= 15 is 0 Å². The molecule has 0 heterocycles. The second kappa shape index (κ2) is 16.8. The van der Waals surface area contributed by atoms with E-state index in [2.05, 4.69) is 23.8 Å². The van der Waals surface area contributed by atoms with Gasteiger partial charge in [0.1, 0.15) is 22.9 Å². The van der Waals surface area contributed by atoms with Gasteiger partial charge in [-0.2, -0.15) is 8.78 Å². The van der Waals surface area contributed by atoms with Gasteiger partial charge < -0.3 is 24.4 Å². The van der Waals surface area contributed by atoms with E-state index in [9.17, 15) is 54.1 Å². The quantitative estimate of drug-likeness (QED) is 0.183. The van der Waals surface area contributed by atoms with Crippen LogP contribution in [0.15, 0.2) is 36.4 Å². The maximum Gasteiger partial charge on any atom is 0.525 e. The molecule has 1 atom stereocenters. The maximum absolute atomic E-state index is 13.5. The van der Waals surface area contributed by atoms with E-state index in [0.29, 0.717) is 6.07 Å². The molecule has 11 nitrogen and oxygen atoms in total. The molecule has 0 fully saturated rings. The highest BCUT2D eigenvalue weighted by molar-refractivity contribution is 8.55. The zero-order valence-corrected chi connectivity index (χ0v) is 24.7. The standard InChI is InChI=1S/C17H9ClF8N2O4.C5H12NO4PS/c18-8-6-7(4-5-11(8)31-16(22,23)14(21)32-17(24,25)26)27-15(30)28-13(29)12-9(19)2-1-3-10(12)20;1-6-5(7)4-12-11(8,9-2)10-3/h1-6,14H,(H2,27,28,29,30);4H2,1-3H3,(H,6,7). The van der Waals surface area contributed by atoms with Crippen molar-refractivity contribution < 1.29 is 72.6 Å². The molecule has 2 rings (SSSR count). The monoisotopic (exact) mass is 705 g/mol. The number of halogens is 9. The summed E-state index contributed by atoms with van der Waals surface area (Å²) in [5, 5.41) is 5.25. The highest BCUT2D eigenvalue weighted by Crippen LogP contribution is 2.59. The van der Waals surface area contributed by atoms with Crippen LogP contribution >= 0.6 is 29.8 Å². The van der Waals surface area contributed by atoms with Crippen LogP contribution in [0.3, 0.4) is 0 Å². The number of ether oxygens (including phenoxy) is 2. The Morgan fingerprint density at radius 2 is 1.59 bits per heavy atom. The van der Waals surface area contributed by atoms with Crippen LogP contribution in [0, 0.1) is 11.6 Å². The van der Waals surface area contributed by atoms with Crippen LogP contribution in [-0.4, -0.2) is 63.7 Å². The molecule has 0 aliphatic carbocycles. The molecule has 0 saturated carbocycles. The number of benzene rings is 2. The third kappa shape index (κ3) is 12.8. The summed E-state index contributed by atoms with van der Waals surface area (Å²) < 4.78 is 130. The van der Waals surface area contributed by atoms with Crippen LogP contribution in [-0.2, 0) is 23.1 Å². The predicted octanol–water partition coefficient (Wildman–Crippen LogP) is 6.25. The van der Waals surface area contributed by atoms with Gasteiger partial charge in [-0.05, 0) is 41.7 Å². The van der Waals surface area contributed by atoms with Crippen LogP contribution in [0.4, 0.5) is 45.6 Å². The molecule has 2 aromatic carbocycles. The van der Waals surface area contributed by atoms with Gasteiger partial charge in [0, 0.05) is 27.0 Å². The molecule has 0 spiro atoms. The summed E-state index contributed by atoms with van der Waals surface area (Å²) in [6, 6.07) is 3.43. The fourth-order valence-electron chi connectivity index (χ4n) is 2.47. The van der Waals surface area contributed by atoms with Gasteiger partial charge in [-0.1, -0.05) is 17.7 Å². The largest absolute Gasteiger partial charge is 0.525 e. The van der Waals surface area contributed by atoms with E-state index in [1.807, 2.05) is 5.32 Å². The van der Waals surface area contributed by atoms with E-state index in [-0.39, 0.29) is 17.3 Å². The smallest absolute Gasteiger partial charge is 0.427 e. The minimum atomic E-state index is -5.71. The minimum absolute atomic E-state index is 0.0649. The number of alkyl halides is 6. The molecule has 0 saturated heterocycles. The van der Waals surface area contributed by atoms with Crippen molar-refractivity contribution in [2.75, 3.05) is 32.3 Å². The summed E-state index contributed by atoms with van der Waals surface area (Å²) in [6.07, 6.45) is -15.0. The number of amides is 4. The summed E-state index contributed by atoms with van der Waals surface area (Å²) in [6.45, 7) is -3.09. The molecule has 0 aliphatic rings. The lowest BCUT2D eigenvalue weighted by Gasteiger charge is -2.22. The lowest BCUT2D eigenvalue weighted by Crippen LogP contribution is -2.41. The van der Waals surface area contributed by atoms with Crippen LogP contribution in [0.25, 0.3) is 0 Å². The van der Waals surface area contributed by atoms with Gasteiger partial charge in [0.05, 0.1) is 10.8 Å². The van der Waals surface area contributed by atoms with Crippen molar-refractivity contribution in [2.45, 2.75) is 18.8 Å². The van der Waals surface area contributed by atoms with Crippen molar-refractivity contribution in [3.8, 4) is 5.75 Å². The summed E-state index contributed by atoms with van der Waals surface area (Å²) >= 11 is 6.47. The Balaban J connectivity index is 0.000000681. The van der Waals surface area contributed by atoms with Crippen molar-refractivity contribution >= 4 is 53.3 Å². The number of urea groups is 1. The van der Waals surface area contributed by atoms with E-state index < -0.39 is 65.5 Å². The molecule has 246 valence electrons. The Morgan fingerprint density at radius 3 is 2.07 bits per heavy atom. The molecule has 2 aromatic rings. The van der Waals surface area contributed by atoms with E-state index in [0.717, 1.165) is 41.7 Å². The third-order valence-electron chi connectivity index (χ3n) is 4.43. The number of imide groups is 1. The SMILES string of the molecule is CNC(=O)CSP(=O)(OC)OC.O=C(NC(=O)c1c(F)cccc1F)Nc1ccc(OC(F)(F)C(F)OC(F)(F)F)c(Cl)c1. The number of nitrogens with one attached hydrogen (secondary N) is 3. The lowest BCUT2D eigenvalue weighted by molar-refractivity contribution is -0.411. The molecule has 4 amide bonds. The zero-order chi connectivity index (χ0) is 33.9. The Bertz CT molecular complexity index is 1350. The molecular formula is C22H21ClF8N3O8PS. The Labute approximate surface area is 252 Å². The van der Waals surface area contributed by atoms with Crippen molar-refractivity contribution in [1.29, 1.82) is 0 Å². The first-order valence-corrected chi connectivity index (χ1v) is 14.7. The average molecular weight is 706 g/mol. The lowest BCUT2D eigenvalue weighted by atomic mass is 10.2. The van der Waals surface area contributed by atoms with E-state index in [1.54, 1.807) is 5.32 Å². The minimum Gasteiger partial charge on any atom is -0.427 e. The van der Waals surface area contributed by atoms with Crippen LogP contribution in [0.1, 0.15) is 10.4 Å². The molecule has 0 bridgehead atoms. The summed E-state index contributed by atoms with van der Waals surface area (Å²) in [5.41, 5.74) is -1.32. The Kier molecular flexibility index (Phi) is 14.8. The molecule has 3 N–H and O–H groups in total. The topological polar surface area (TPSA) is 141 Å². The molecule has 0 aliphatic heterocycles. The fourth-order valence-corrected chi connectivity index (χ4v) is 4.93. The highest BCUT2D eigenvalue weighted by atomic mass is 35.5. The molecule has 1 unspecified atom stereocenters. The first-order valence-electron chi connectivity index (χ1n) is 11.2. The van der Waals surface area contributed by atoms with Crippen LogP contribution in [0.5, 0.6) is 5.75 Å². The van der Waals surface area contributed by atoms with Crippen molar-refractivity contribution in [2.24, 2.45) is 0 Å². The predicted molar refractivity (Wildman–Crippen MR) is 140 cm³/mol. The van der Waals surface area contributed by atoms with Gasteiger partial charge in [-0.3, -0.25) is 14.9 Å². The van der Waals surface area contributed by atoms with Gasteiger partial charge >= 0.3 is 31.7 Å². The molecule has 22 heteroatoms. The second-order valence-electron chi connectivity index (χ2n) is 7.45. The third-order valence-corrected chi connectivity index (χ3v) is 8.56. The fraction of sp³-hybridized carbons (Fsp3) is 0.318. The number of carbonyl (C=O) groups excluding carboxylic acids is 3. The summed E-state index contributed by atoms with van der Waals surface area (Å²) in [7, 11) is 4.07. The van der Waals surface area contributed by atoms with Gasteiger partial charge in [-0.25, -0.2) is 27.3 Å². The van der Waals surface area contributed by atoms with Crippen LogP contribution in [0.2, 0.25) is 5.02 Å². The van der Waals surface area contributed by atoms with Crippen molar-refractivity contribution in [1.82, 2.24) is 10.6 Å². The Morgan fingerprint density at radius 1 is 1.02 bits per heavy atom. The number of hydrogen-bond acceptors (Lipinski definition) is 9.